The summed E-state index contributed by atoms with van der Waals surface area (Å²) in [5.41, 5.74) is 5.85. The average molecular weight is 430 g/mol. The topological polar surface area (TPSA) is 87.3 Å². The number of carbonyl (C=O) groups excluding carboxylic acids is 1. The van der Waals surface area contributed by atoms with E-state index in [9.17, 15) is 13.2 Å². The highest BCUT2D eigenvalue weighted by Crippen LogP contribution is 2.29. The summed E-state index contributed by atoms with van der Waals surface area (Å²) in [7, 11) is -3.66. The molecule has 0 radical (unpaired) electrons. The van der Waals surface area contributed by atoms with Gasteiger partial charge < -0.3 is 10.6 Å². The fourth-order valence-electron chi connectivity index (χ4n) is 3.37. The van der Waals surface area contributed by atoms with E-state index in [1.54, 1.807) is 0 Å². The Morgan fingerprint density at radius 2 is 1.61 bits per heavy atom. The molecule has 1 amide bonds. The maximum absolute atomic E-state index is 12.8. The highest BCUT2D eigenvalue weighted by molar-refractivity contribution is 7.89. The Kier molecular flexibility index (Phi) is 9.14. The van der Waals surface area contributed by atoms with E-state index in [2.05, 4.69) is 21.4 Å². The monoisotopic (exact) mass is 429 g/mol. The van der Waals surface area contributed by atoms with Gasteiger partial charge in [-0.25, -0.2) is 13.1 Å². The zero-order chi connectivity index (χ0) is 20.2. The van der Waals surface area contributed by atoms with Crippen molar-refractivity contribution in [2.75, 3.05) is 26.2 Å². The van der Waals surface area contributed by atoms with Crippen LogP contribution in [-0.4, -0.2) is 40.5 Å². The van der Waals surface area contributed by atoms with Gasteiger partial charge in [0.15, 0.2) is 0 Å². The maximum Gasteiger partial charge on any atom is 0.241 e. The van der Waals surface area contributed by atoms with E-state index >= 15 is 0 Å². The summed E-state index contributed by atoms with van der Waals surface area (Å²) in [4.78, 5) is 12.3. The minimum atomic E-state index is -3.66. The number of hydrogen-bond donors (Lipinski definition) is 3. The molecule has 1 heterocycles. The summed E-state index contributed by atoms with van der Waals surface area (Å²) in [6.45, 7) is 11.9. The van der Waals surface area contributed by atoms with Gasteiger partial charge in [-0.3, -0.25) is 4.79 Å². The fourth-order valence-corrected chi connectivity index (χ4v) is 5.00. The van der Waals surface area contributed by atoms with Crippen LogP contribution in [0.25, 0.3) is 0 Å². The Bertz CT molecular complexity index is 835. The van der Waals surface area contributed by atoms with Gasteiger partial charge in [-0.05, 0) is 75.4 Å². The summed E-state index contributed by atoms with van der Waals surface area (Å²) < 4.78 is 28.2. The van der Waals surface area contributed by atoms with E-state index in [0.29, 0.717) is 11.4 Å². The number of sulfonamides is 1. The van der Waals surface area contributed by atoms with Crippen LogP contribution in [0.2, 0.25) is 0 Å². The SMILES string of the molecule is Cc1c(C)c(C)c(S(=O)(=O)NCCC(=O)NCC2=CCNCC2)c(C)c1C.Cl. The predicted octanol–water partition coefficient (Wildman–Crippen LogP) is 2.35. The lowest BCUT2D eigenvalue weighted by atomic mass is 9.95. The first-order valence-electron chi connectivity index (χ1n) is 9.37. The van der Waals surface area contributed by atoms with Gasteiger partial charge in [0.25, 0.3) is 0 Å². The lowest BCUT2D eigenvalue weighted by Crippen LogP contribution is -2.33. The molecular weight excluding hydrogens is 398 g/mol. The summed E-state index contributed by atoms with van der Waals surface area (Å²) in [5.74, 6) is -0.151. The van der Waals surface area contributed by atoms with Crippen molar-refractivity contribution in [3.63, 3.8) is 0 Å². The van der Waals surface area contributed by atoms with E-state index in [1.807, 2.05) is 34.6 Å². The van der Waals surface area contributed by atoms with Crippen LogP contribution in [0.15, 0.2) is 16.5 Å². The number of carbonyl (C=O) groups is 1. The molecule has 1 aliphatic rings. The van der Waals surface area contributed by atoms with Crippen LogP contribution in [0.3, 0.4) is 0 Å². The fraction of sp³-hybridized carbons (Fsp3) is 0.550. The highest BCUT2D eigenvalue weighted by Gasteiger charge is 2.23. The molecule has 3 N–H and O–H groups in total. The molecule has 0 saturated carbocycles. The second kappa shape index (κ2) is 10.4. The molecule has 1 aromatic rings. The molecule has 1 aromatic carbocycles. The first-order valence-corrected chi connectivity index (χ1v) is 10.9. The van der Waals surface area contributed by atoms with Crippen LogP contribution in [0.4, 0.5) is 0 Å². The zero-order valence-electron chi connectivity index (χ0n) is 17.4. The second-order valence-electron chi connectivity index (χ2n) is 7.20. The van der Waals surface area contributed by atoms with Gasteiger partial charge in [0, 0.05) is 26.1 Å². The zero-order valence-corrected chi connectivity index (χ0v) is 19.0. The van der Waals surface area contributed by atoms with Crippen LogP contribution in [-0.2, 0) is 14.8 Å². The highest BCUT2D eigenvalue weighted by atomic mass is 35.5. The van der Waals surface area contributed by atoms with Crippen LogP contribution in [0.1, 0.15) is 40.7 Å². The minimum Gasteiger partial charge on any atom is -0.352 e. The molecule has 0 aromatic heterocycles. The molecular formula is C20H32ClN3O3S. The molecule has 0 saturated heterocycles. The standard InChI is InChI=1S/C20H31N3O3S.ClH/c1-13-14(2)16(4)20(17(5)15(13)3)27(25,26)23-11-8-19(24)22-12-18-6-9-21-10-7-18;/h6,21,23H,7-12H2,1-5H3,(H,22,24);1H. The van der Waals surface area contributed by atoms with Crippen LogP contribution in [0, 0.1) is 34.6 Å². The van der Waals surface area contributed by atoms with Gasteiger partial charge >= 0.3 is 0 Å². The molecule has 158 valence electrons. The Balaban J connectivity index is 0.00000392. The third-order valence-corrected chi connectivity index (χ3v) is 7.25. The van der Waals surface area contributed by atoms with Crippen molar-refractivity contribution in [3.8, 4) is 0 Å². The van der Waals surface area contributed by atoms with Crippen LogP contribution >= 0.6 is 12.4 Å². The largest absolute Gasteiger partial charge is 0.352 e. The quantitative estimate of drug-likeness (QED) is 0.580. The first kappa shape index (κ1) is 24.6. The summed E-state index contributed by atoms with van der Waals surface area (Å²) in [6, 6.07) is 0. The maximum atomic E-state index is 12.8. The number of hydrogen-bond acceptors (Lipinski definition) is 4. The third-order valence-electron chi connectivity index (χ3n) is 5.51. The molecule has 1 aliphatic heterocycles. The minimum absolute atomic E-state index is 0. The van der Waals surface area contributed by atoms with Crippen molar-refractivity contribution in [3.05, 3.63) is 39.5 Å². The molecule has 6 nitrogen and oxygen atoms in total. The lowest BCUT2D eigenvalue weighted by Gasteiger charge is -2.19. The predicted molar refractivity (Wildman–Crippen MR) is 116 cm³/mol. The molecule has 0 aliphatic carbocycles. The summed E-state index contributed by atoms with van der Waals surface area (Å²) in [6.07, 6.45) is 3.13. The van der Waals surface area contributed by atoms with Crippen molar-refractivity contribution in [1.29, 1.82) is 0 Å². The molecule has 8 heteroatoms. The van der Waals surface area contributed by atoms with E-state index in [1.165, 1.54) is 5.57 Å². The Morgan fingerprint density at radius 1 is 1.04 bits per heavy atom. The number of rotatable bonds is 7. The van der Waals surface area contributed by atoms with Gasteiger partial charge in [0.1, 0.15) is 0 Å². The van der Waals surface area contributed by atoms with Crippen molar-refractivity contribution in [2.24, 2.45) is 0 Å². The van der Waals surface area contributed by atoms with Gasteiger partial charge in [-0.2, -0.15) is 0 Å². The third kappa shape index (κ3) is 5.80. The smallest absolute Gasteiger partial charge is 0.241 e. The van der Waals surface area contributed by atoms with Crippen LogP contribution < -0.4 is 15.4 Å². The number of amides is 1. The Labute approximate surface area is 175 Å². The first-order chi connectivity index (χ1) is 12.6. The van der Waals surface area contributed by atoms with E-state index < -0.39 is 10.0 Å². The summed E-state index contributed by atoms with van der Waals surface area (Å²) in [5, 5.41) is 6.08. The molecule has 0 bridgehead atoms. The average Bonchev–Trinajstić information content (AvgIpc) is 2.63. The number of halogens is 1. The van der Waals surface area contributed by atoms with Crippen molar-refractivity contribution < 1.29 is 13.2 Å². The lowest BCUT2D eigenvalue weighted by molar-refractivity contribution is -0.120. The normalized spacial score (nSPS) is 14.2. The van der Waals surface area contributed by atoms with Crippen LogP contribution in [0.5, 0.6) is 0 Å². The van der Waals surface area contributed by atoms with Crippen molar-refractivity contribution >= 4 is 28.3 Å². The van der Waals surface area contributed by atoms with Gasteiger partial charge in [-0.15, -0.1) is 12.4 Å². The van der Waals surface area contributed by atoms with E-state index in [-0.39, 0.29) is 31.3 Å². The van der Waals surface area contributed by atoms with E-state index in [0.717, 1.165) is 47.3 Å². The molecule has 2 rings (SSSR count). The molecule has 28 heavy (non-hydrogen) atoms. The van der Waals surface area contributed by atoms with Crippen molar-refractivity contribution in [1.82, 2.24) is 15.4 Å². The van der Waals surface area contributed by atoms with Gasteiger partial charge in [-0.1, -0.05) is 11.6 Å². The summed E-state index contributed by atoms with van der Waals surface area (Å²) >= 11 is 0. The molecule has 0 unspecified atom stereocenters. The molecule has 0 atom stereocenters. The van der Waals surface area contributed by atoms with Gasteiger partial charge in [0.2, 0.25) is 15.9 Å². The second-order valence-corrected chi connectivity index (χ2v) is 8.90. The molecule has 0 fully saturated rings. The van der Waals surface area contributed by atoms with E-state index in [4.69, 9.17) is 0 Å². The molecule has 0 spiro atoms. The van der Waals surface area contributed by atoms with Gasteiger partial charge in [0.05, 0.1) is 4.90 Å². The Hall–Kier alpha value is -1.41. The number of nitrogens with one attached hydrogen (secondary N) is 3. The van der Waals surface area contributed by atoms with Crippen molar-refractivity contribution in [2.45, 2.75) is 52.4 Å². The Morgan fingerprint density at radius 3 is 2.14 bits per heavy atom. The number of benzene rings is 1.